The maximum absolute atomic E-state index is 6.13. The van der Waals surface area contributed by atoms with Crippen LogP contribution in [-0.4, -0.2) is 6.54 Å². The van der Waals surface area contributed by atoms with Crippen molar-refractivity contribution in [2.24, 2.45) is 0 Å². The van der Waals surface area contributed by atoms with Crippen LogP contribution in [0.15, 0.2) is 36.4 Å². The maximum atomic E-state index is 6.13. The van der Waals surface area contributed by atoms with Gasteiger partial charge in [-0.15, -0.1) is 0 Å². The minimum atomic E-state index is 0.668. The second-order valence-electron chi connectivity index (χ2n) is 4.75. The Hall–Kier alpha value is -0.730. The Morgan fingerprint density at radius 2 is 1.75 bits per heavy atom. The van der Waals surface area contributed by atoms with E-state index in [0.717, 1.165) is 40.7 Å². The lowest BCUT2D eigenvalue weighted by molar-refractivity contribution is 0.687. The van der Waals surface area contributed by atoms with Gasteiger partial charge in [0.15, 0.2) is 0 Å². The summed E-state index contributed by atoms with van der Waals surface area (Å²) >= 11 is 18.1. The molecule has 0 aliphatic carbocycles. The van der Waals surface area contributed by atoms with Gasteiger partial charge in [0.1, 0.15) is 0 Å². The van der Waals surface area contributed by atoms with Crippen molar-refractivity contribution in [1.29, 1.82) is 0 Å². The first-order chi connectivity index (χ1) is 9.56. The Labute approximate surface area is 134 Å². The summed E-state index contributed by atoms with van der Waals surface area (Å²) in [6, 6.07) is 11.7. The Balaban J connectivity index is 1.82. The Morgan fingerprint density at radius 1 is 0.950 bits per heavy atom. The molecule has 1 N–H and O–H groups in total. The zero-order chi connectivity index (χ0) is 14.5. The van der Waals surface area contributed by atoms with Crippen molar-refractivity contribution in [3.05, 3.63) is 68.2 Å². The van der Waals surface area contributed by atoms with E-state index in [9.17, 15) is 0 Å². The SMILES string of the molecule is Cc1ccc(CNCCc2ccc(Cl)cc2Cl)cc1Cl. The second-order valence-corrected chi connectivity index (χ2v) is 6.00. The topological polar surface area (TPSA) is 12.0 Å². The van der Waals surface area contributed by atoms with Crippen LogP contribution in [0.2, 0.25) is 15.1 Å². The van der Waals surface area contributed by atoms with Gasteiger partial charge in [-0.1, -0.05) is 53.0 Å². The predicted octanol–water partition coefficient (Wildman–Crippen LogP) is 5.29. The van der Waals surface area contributed by atoms with Crippen LogP contribution in [0.3, 0.4) is 0 Å². The highest BCUT2D eigenvalue weighted by molar-refractivity contribution is 6.35. The van der Waals surface area contributed by atoms with Gasteiger partial charge in [-0.3, -0.25) is 0 Å². The molecule has 0 heterocycles. The van der Waals surface area contributed by atoms with Crippen LogP contribution < -0.4 is 5.32 Å². The number of benzene rings is 2. The molecule has 0 amide bonds. The monoisotopic (exact) mass is 327 g/mol. The van der Waals surface area contributed by atoms with E-state index in [-0.39, 0.29) is 0 Å². The Bertz CT molecular complexity index is 596. The number of rotatable bonds is 5. The lowest BCUT2D eigenvalue weighted by atomic mass is 10.1. The van der Waals surface area contributed by atoms with Gasteiger partial charge in [-0.2, -0.15) is 0 Å². The summed E-state index contributed by atoms with van der Waals surface area (Å²) in [7, 11) is 0. The zero-order valence-electron chi connectivity index (χ0n) is 11.2. The lowest BCUT2D eigenvalue weighted by Crippen LogP contribution is -2.16. The van der Waals surface area contributed by atoms with Gasteiger partial charge in [-0.25, -0.2) is 0 Å². The smallest absolute Gasteiger partial charge is 0.0453 e. The summed E-state index contributed by atoms with van der Waals surface area (Å²) in [6.07, 6.45) is 0.871. The normalized spacial score (nSPS) is 10.8. The van der Waals surface area contributed by atoms with Crippen molar-refractivity contribution >= 4 is 34.8 Å². The van der Waals surface area contributed by atoms with Crippen LogP contribution in [0.5, 0.6) is 0 Å². The van der Waals surface area contributed by atoms with Crippen molar-refractivity contribution in [1.82, 2.24) is 5.32 Å². The molecule has 2 aromatic rings. The summed E-state index contributed by atoms with van der Waals surface area (Å²) in [6.45, 7) is 3.65. The lowest BCUT2D eigenvalue weighted by Gasteiger charge is -2.08. The van der Waals surface area contributed by atoms with Crippen LogP contribution in [0, 0.1) is 6.92 Å². The van der Waals surface area contributed by atoms with E-state index in [1.807, 2.05) is 31.2 Å². The van der Waals surface area contributed by atoms with E-state index in [1.54, 1.807) is 6.07 Å². The van der Waals surface area contributed by atoms with Gasteiger partial charge in [-0.05, 0) is 54.8 Å². The van der Waals surface area contributed by atoms with Crippen molar-refractivity contribution in [3.8, 4) is 0 Å². The first-order valence-electron chi connectivity index (χ1n) is 6.46. The van der Waals surface area contributed by atoms with Crippen molar-refractivity contribution in [3.63, 3.8) is 0 Å². The summed E-state index contributed by atoms with van der Waals surface area (Å²) < 4.78 is 0. The molecule has 20 heavy (non-hydrogen) atoms. The van der Waals surface area contributed by atoms with Crippen LogP contribution in [-0.2, 0) is 13.0 Å². The molecule has 4 heteroatoms. The van der Waals surface area contributed by atoms with Crippen molar-refractivity contribution < 1.29 is 0 Å². The van der Waals surface area contributed by atoms with E-state index in [2.05, 4.69) is 11.4 Å². The Morgan fingerprint density at radius 3 is 2.45 bits per heavy atom. The summed E-state index contributed by atoms with van der Waals surface area (Å²) in [5.41, 5.74) is 3.39. The average molecular weight is 329 g/mol. The fourth-order valence-corrected chi connectivity index (χ4v) is 2.63. The first-order valence-corrected chi connectivity index (χ1v) is 7.59. The third-order valence-corrected chi connectivity index (χ3v) is 4.15. The molecule has 0 radical (unpaired) electrons. The summed E-state index contributed by atoms with van der Waals surface area (Å²) in [5.74, 6) is 0. The third-order valence-electron chi connectivity index (χ3n) is 3.15. The molecule has 0 aliphatic heterocycles. The van der Waals surface area contributed by atoms with E-state index >= 15 is 0 Å². The summed E-state index contributed by atoms with van der Waals surface area (Å²) in [4.78, 5) is 0. The Kier molecular flexibility index (Phi) is 5.74. The number of hydrogen-bond donors (Lipinski definition) is 1. The molecular formula is C16H16Cl3N. The molecule has 0 fully saturated rings. The standard InChI is InChI=1S/C16H16Cl3N/c1-11-2-3-12(8-15(11)18)10-20-7-6-13-4-5-14(17)9-16(13)19/h2-5,8-9,20H,6-7,10H2,1H3. The van der Waals surface area contributed by atoms with Gasteiger partial charge in [0.05, 0.1) is 0 Å². The van der Waals surface area contributed by atoms with Crippen LogP contribution in [0.1, 0.15) is 16.7 Å². The van der Waals surface area contributed by atoms with Crippen molar-refractivity contribution in [2.75, 3.05) is 6.54 Å². The molecule has 0 saturated heterocycles. The van der Waals surface area contributed by atoms with Crippen molar-refractivity contribution in [2.45, 2.75) is 19.9 Å². The van der Waals surface area contributed by atoms with Gasteiger partial charge in [0.2, 0.25) is 0 Å². The molecule has 106 valence electrons. The molecule has 2 rings (SSSR count). The molecule has 0 aromatic heterocycles. The van der Waals surface area contributed by atoms with Crippen LogP contribution in [0.25, 0.3) is 0 Å². The zero-order valence-corrected chi connectivity index (χ0v) is 13.5. The predicted molar refractivity (Wildman–Crippen MR) is 88.1 cm³/mol. The summed E-state index contributed by atoms with van der Waals surface area (Å²) in [5, 5.41) is 5.59. The molecule has 0 spiro atoms. The van der Waals surface area contributed by atoms with Gasteiger partial charge < -0.3 is 5.32 Å². The quantitative estimate of drug-likeness (QED) is 0.736. The van der Waals surface area contributed by atoms with Gasteiger partial charge in [0.25, 0.3) is 0 Å². The molecule has 2 aromatic carbocycles. The molecule has 0 saturated carbocycles. The van der Waals surface area contributed by atoms with E-state index < -0.39 is 0 Å². The highest BCUT2D eigenvalue weighted by Crippen LogP contribution is 2.21. The molecule has 0 unspecified atom stereocenters. The number of nitrogens with one attached hydrogen (secondary N) is 1. The van der Waals surface area contributed by atoms with E-state index in [4.69, 9.17) is 34.8 Å². The maximum Gasteiger partial charge on any atom is 0.0453 e. The van der Waals surface area contributed by atoms with E-state index in [1.165, 1.54) is 5.56 Å². The van der Waals surface area contributed by atoms with Crippen LogP contribution >= 0.6 is 34.8 Å². The fraction of sp³-hybridized carbons (Fsp3) is 0.250. The first kappa shape index (κ1) is 15.7. The van der Waals surface area contributed by atoms with Gasteiger partial charge in [0, 0.05) is 21.6 Å². The van der Waals surface area contributed by atoms with E-state index in [0.29, 0.717) is 5.02 Å². The fourth-order valence-electron chi connectivity index (χ4n) is 1.93. The largest absolute Gasteiger partial charge is 0.312 e. The molecule has 0 atom stereocenters. The molecule has 0 aliphatic rings. The third kappa shape index (κ3) is 4.39. The average Bonchev–Trinajstić information content (AvgIpc) is 2.40. The highest BCUT2D eigenvalue weighted by Gasteiger charge is 2.02. The number of hydrogen-bond acceptors (Lipinski definition) is 1. The molecule has 1 nitrogen and oxygen atoms in total. The molecule has 0 bridgehead atoms. The highest BCUT2D eigenvalue weighted by atomic mass is 35.5. The minimum absolute atomic E-state index is 0.668. The minimum Gasteiger partial charge on any atom is -0.312 e. The second kappa shape index (κ2) is 7.33. The van der Waals surface area contributed by atoms with Crippen LogP contribution in [0.4, 0.5) is 0 Å². The molecular weight excluding hydrogens is 313 g/mol. The number of halogens is 3. The van der Waals surface area contributed by atoms with Gasteiger partial charge >= 0.3 is 0 Å². The number of aryl methyl sites for hydroxylation is 1.